The monoisotopic (exact) mass is 374 g/mol. The molecule has 2 aromatic carbocycles. The summed E-state index contributed by atoms with van der Waals surface area (Å²) < 4.78 is 26.7. The second-order valence-electron chi connectivity index (χ2n) is 6.10. The number of hydrogen-bond acceptors (Lipinski definition) is 3. The number of sulfonamides is 1. The molecular formula is C20H26N2O3S. The van der Waals surface area contributed by atoms with Crippen molar-refractivity contribution in [2.45, 2.75) is 44.4 Å². The zero-order valence-corrected chi connectivity index (χ0v) is 16.1. The second kappa shape index (κ2) is 9.50. The number of benzene rings is 2. The SMILES string of the molecule is CCCNS(=O)(=O)c1ccc(CCC(=O)Nc2ccccc2CC)cc1. The summed E-state index contributed by atoms with van der Waals surface area (Å²) in [6, 6.07) is 14.4. The molecule has 2 N–H and O–H groups in total. The largest absolute Gasteiger partial charge is 0.326 e. The molecule has 2 aromatic rings. The van der Waals surface area contributed by atoms with E-state index in [1.165, 1.54) is 0 Å². The number of carbonyl (C=O) groups excluding carboxylic acids is 1. The number of amides is 1. The number of rotatable bonds is 9. The highest BCUT2D eigenvalue weighted by molar-refractivity contribution is 7.89. The van der Waals surface area contributed by atoms with E-state index in [9.17, 15) is 13.2 Å². The Balaban J connectivity index is 1.92. The lowest BCUT2D eigenvalue weighted by atomic mass is 10.1. The minimum Gasteiger partial charge on any atom is -0.326 e. The Labute approximate surface area is 155 Å². The molecule has 0 radical (unpaired) electrons. The Hall–Kier alpha value is -2.18. The number of aryl methyl sites for hydroxylation is 2. The second-order valence-corrected chi connectivity index (χ2v) is 7.87. The van der Waals surface area contributed by atoms with Crippen molar-refractivity contribution in [1.29, 1.82) is 0 Å². The van der Waals surface area contributed by atoms with Gasteiger partial charge in [-0.2, -0.15) is 0 Å². The number of nitrogens with one attached hydrogen (secondary N) is 2. The number of anilines is 1. The molecule has 0 unspecified atom stereocenters. The van der Waals surface area contributed by atoms with E-state index >= 15 is 0 Å². The number of para-hydroxylation sites is 1. The van der Waals surface area contributed by atoms with Crippen molar-refractivity contribution in [3.05, 3.63) is 59.7 Å². The van der Waals surface area contributed by atoms with Gasteiger partial charge in [0.15, 0.2) is 0 Å². The van der Waals surface area contributed by atoms with Gasteiger partial charge in [-0.15, -0.1) is 0 Å². The van der Waals surface area contributed by atoms with Gasteiger partial charge < -0.3 is 5.32 Å². The molecule has 0 saturated carbocycles. The Morgan fingerprint density at radius 1 is 1.00 bits per heavy atom. The lowest BCUT2D eigenvalue weighted by molar-refractivity contribution is -0.116. The zero-order valence-electron chi connectivity index (χ0n) is 15.3. The van der Waals surface area contributed by atoms with Crippen LogP contribution in [0.25, 0.3) is 0 Å². The van der Waals surface area contributed by atoms with Crippen molar-refractivity contribution in [2.24, 2.45) is 0 Å². The van der Waals surface area contributed by atoms with Crippen molar-refractivity contribution >= 4 is 21.6 Å². The summed E-state index contributed by atoms with van der Waals surface area (Å²) in [5.74, 6) is -0.0489. The summed E-state index contributed by atoms with van der Waals surface area (Å²) in [5, 5.41) is 2.95. The Kier molecular flexibility index (Phi) is 7.36. The molecule has 0 aliphatic rings. The van der Waals surface area contributed by atoms with Crippen LogP contribution in [0.1, 0.15) is 37.8 Å². The van der Waals surface area contributed by atoms with Gasteiger partial charge in [0.2, 0.25) is 15.9 Å². The third kappa shape index (κ3) is 5.68. The van der Waals surface area contributed by atoms with Gasteiger partial charge in [0, 0.05) is 18.7 Å². The van der Waals surface area contributed by atoms with Gasteiger partial charge in [0.05, 0.1) is 4.90 Å². The molecule has 2 rings (SSSR count). The molecule has 140 valence electrons. The average molecular weight is 375 g/mol. The molecular weight excluding hydrogens is 348 g/mol. The Morgan fingerprint density at radius 2 is 1.69 bits per heavy atom. The van der Waals surface area contributed by atoms with E-state index in [4.69, 9.17) is 0 Å². The van der Waals surface area contributed by atoms with E-state index in [1.807, 2.05) is 31.2 Å². The summed E-state index contributed by atoms with van der Waals surface area (Å²) in [4.78, 5) is 12.4. The fourth-order valence-corrected chi connectivity index (χ4v) is 3.71. The minimum atomic E-state index is -3.45. The number of carbonyl (C=O) groups is 1. The van der Waals surface area contributed by atoms with Crippen molar-refractivity contribution < 1.29 is 13.2 Å². The normalized spacial score (nSPS) is 11.3. The molecule has 0 heterocycles. The van der Waals surface area contributed by atoms with E-state index < -0.39 is 10.0 Å². The molecule has 1 amide bonds. The van der Waals surface area contributed by atoms with Gasteiger partial charge >= 0.3 is 0 Å². The third-order valence-corrected chi connectivity index (χ3v) is 5.57. The minimum absolute atomic E-state index is 0.0489. The molecule has 0 atom stereocenters. The summed E-state index contributed by atoms with van der Waals surface area (Å²) in [5.41, 5.74) is 2.89. The highest BCUT2D eigenvalue weighted by Crippen LogP contribution is 2.16. The standard InChI is InChI=1S/C20H26N2O3S/c1-3-15-21-26(24,25)18-12-9-16(10-13-18)11-14-20(23)22-19-8-6-5-7-17(19)4-2/h5-10,12-13,21H,3-4,11,14-15H2,1-2H3,(H,22,23). The molecule has 0 fully saturated rings. The van der Waals surface area contributed by atoms with Crippen molar-refractivity contribution in [1.82, 2.24) is 4.72 Å². The quantitative estimate of drug-likeness (QED) is 0.705. The highest BCUT2D eigenvalue weighted by atomic mass is 32.2. The zero-order chi connectivity index (χ0) is 19.0. The molecule has 0 aromatic heterocycles. The maximum atomic E-state index is 12.2. The first-order valence-corrected chi connectivity index (χ1v) is 10.4. The maximum absolute atomic E-state index is 12.2. The summed E-state index contributed by atoms with van der Waals surface area (Å²) in [6.45, 7) is 4.38. The number of hydrogen-bond donors (Lipinski definition) is 2. The van der Waals surface area contributed by atoms with Crippen LogP contribution >= 0.6 is 0 Å². The van der Waals surface area contributed by atoms with Crippen LogP contribution in [0.4, 0.5) is 5.69 Å². The molecule has 5 nitrogen and oxygen atoms in total. The first-order valence-electron chi connectivity index (χ1n) is 8.92. The molecule has 26 heavy (non-hydrogen) atoms. The van der Waals surface area contributed by atoms with Gasteiger partial charge in [-0.05, 0) is 48.6 Å². The lowest BCUT2D eigenvalue weighted by Gasteiger charge is -2.10. The maximum Gasteiger partial charge on any atom is 0.240 e. The van der Waals surface area contributed by atoms with Crippen LogP contribution in [0, 0.1) is 0 Å². The van der Waals surface area contributed by atoms with E-state index in [0.717, 1.165) is 29.7 Å². The molecule has 0 aliphatic heterocycles. The van der Waals surface area contributed by atoms with Crippen LogP contribution in [0.3, 0.4) is 0 Å². The van der Waals surface area contributed by atoms with Crippen molar-refractivity contribution in [3.63, 3.8) is 0 Å². The topological polar surface area (TPSA) is 75.3 Å². The average Bonchev–Trinajstić information content (AvgIpc) is 2.65. The fourth-order valence-electron chi connectivity index (χ4n) is 2.58. The van der Waals surface area contributed by atoms with Crippen LogP contribution in [0.5, 0.6) is 0 Å². The van der Waals surface area contributed by atoms with Crippen molar-refractivity contribution in [2.75, 3.05) is 11.9 Å². The molecule has 6 heteroatoms. The van der Waals surface area contributed by atoms with Gasteiger partial charge in [0.1, 0.15) is 0 Å². The molecule has 0 bridgehead atoms. The van der Waals surface area contributed by atoms with E-state index in [1.54, 1.807) is 24.3 Å². The first-order chi connectivity index (χ1) is 12.5. The van der Waals surface area contributed by atoms with E-state index in [0.29, 0.717) is 19.4 Å². The van der Waals surface area contributed by atoms with Crippen LogP contribution in [-0.4, -0.2) is 20.9 Å². The van der Waals surface area contributed by atoms with Gasteiger partial charge in [0.25, 0.3) is 0 Å². The van der Waals surface area contributed by atoms with Gasteiger partial charge in [-0.1, -0.05) is 44.2 Å². The summed E-state index contributed by atoms with van der Waals surface area (Å²) in [7, 11) is -3.45. The van der Waals surface area contributed by atoms with Crippen LogP contribution in [0.2, 0.25) is 0 Å². The summed E-state index contributed by atoms with van der Waals surface area (Å²) >= 11 is 0. The molecule has 0 spiro atoms. The smallest absolute Gasteiger partial charge is 0.240 e. The predicted octanol–water partition coefficient (Wildman–Crippen LogP) is 3.51. The van der Waals surface area contributed by atoms with Crippen LogP contribution in [0.15, 0.2) is 53.4 Å². The van der Waals surface area contributed by atoms with E-state index in [2.05, 4.69) is 17.0 Å². The summed E-state index contributed by atoms with van der Waals surface area (Å²) in [6.07, 6.45) is 2.51. The van der Waals surface area contributed by atoms with Gasteiger partial charge in [-0.25, -0.2) is 13.1 Å². The van der Waals surface area contributed by atoms with Crippen LogP contribution < -0.4 is 10.0 Å². The first kappa shape index (κ1) is 20.1. The fraction of sp³-hybridized carbons (Fsp3) is 0.350. The predicted molar refractivity (Wildman–Crippen MR) is 105 cm³/mol. The molecule has 0 aliphatic carbocycles. The Morgan fingerprint density at radius 3 is 2.35 bits per heavy atom. The molecule has 0 saturated heterocycles. The van der Waals surface area contributed by atoms with E-state index in [-0.39, 0.29) is 10.8 Å². The van der Waals surface area contributed by atoms with Crippen LogP contribution in [-0.2, 0) is 27.7 Å². The van der Waals surface area contributed by atoms with Gasteiger partial charge in [-0.3, -0.25) is 4.79 Å². The Bertz CT molecular complexity index is 830. The lowest BCUT2D eigenvalue weighted by Crippen LogP contribution is -2.24. The third-order valence-electron chi connectivity index (χ3n) is 4.09. The highest BCUT2D eigenvalue weighted by Gasteiger charge is 2.13. The van der Waals surface area contributed by atoms with Crippen molar-refractivity contribution in [3.8, 4) is 0 Å².